The summed E-state index contributed by atoms with van der Waals surface area (Å²) >= 11 is 0. The summed E-state index contributed by atoms with van der Waals surface area (Å²) < 4.78 is 16.8. The minimum Gasteiger partial charge on any atom is -0.462 e. The monoisotopic (exact) mass is 1080 g/mol. The van der Waals surface area contributed by atoms with E-state index in [1.165, 1.54) is 122 Å². The van der Waals surface area contributed by atoms with Crippen LogP contribution in [-0.2, 0) is 28.6 Å². The molecule has 0 aromatic carbocycles. The van der Waals surface area contributed by atoms with E-state index in [0.717, 1.165) is 116 Å². The maximum Gasteiger partial charge on any atom is 0.306 e. The van der Waals surface area contributed by atoms with E-state index in [4.69, 9.17) is 14.2 Å². The Kier molecular flexibility index (Phi) is 61.4. The molecule has 0 N–H and O–H groups in total. The number of rotatable bonds is 57. The van der Waals surface area contributed by atoms with E-state index in [1.807, 2.05) is 0 Å². The minimum absolute atomic E-state index is 0.105. The standard InChI is InChI=1S/C72H118O6/c1-4-7-10-13-16-19-22-25-27-29-31-32-33-34-35-36-37-38-39-40-41-43-44-47-50-53-56-59-62-65-71(74)77-68-69(67-76-70(73)64-61-58-55-52-49-46-24-21-18-15-12-9-6-3)78-72(75)66-63-60-57-54-51-48-45-42-30-28-26-23-20-17-14-11-8-5-2/h7,10,16,19,21,24-25,27-28,30-32,34-35,37-38,40-41,44,47,53,56,69H,4-6,8-9,11-15,17-18,20,22-23,26,29,33,36,39,42-43,45-46,48-52,54-55,57-68H2,1-3H3/b10-7-,19-16-,24-21-,27-25-,30-28-,32-31-,35-34-,38-37-,41-40-,47-44-,56-53-. The summed E-state index contributed by atoms with van der Waals surface area (Å²) in [6, 6.07) is 0. The SMILES string of the molecule is CC/C=C\C/C=C\C/C=C\C/C=C\C/C=C\C/C=C\C/C=C\C/C=C\C/C=C\CCCC(=O)OCC(COC(=O)CCCCCCC/C=C\CCCCCC)OC(=O)CCCCCCCCC/C=C\CCCCCCCCC. The Balaban J connectivity index is 4.45. The van der Waals surface area contributed by atoms with Gasteiger partial charge in [0.25, 0.3) is 0 Å². The first-order valence-electron chi connectivity index (χ1n) is 32.2. The van der Waals surface area contributed by atoms with E-state index in [2.05, 4.69) is 154 Å². The first kappa shape index (κ1) is 73.5. The highest BCUT2D eigenvalue weighted by Crippen LogP contribution is 2.14. The molecular weight excluding hydrogens is 961 g/mol. The van der Waals surface area contributed by atoms with Gasteiger partial charge in [0, 0.05) is 19.3 Å². The molecule has 0 amide bonds. The van der Waals surface area contributed by atoms with Crippen molar-refractivity contribution in [3.63, 3.8) is 0 Å². The average molecular weight is 1080 g/mol. The van der Waals surface area contributed by atoms with Crippen molar-refractivity contribution >= 4 is 17.9 Å². The third-order valence-electron chi connectivity index (χ3n) is 13.4. The molecule has 0 radical (unpaired) electrons. The number of esters is 3. The zero-order valence-corrected chi connectivity index (χ0v) is 50.6. The summed E-state index contributed by atoms with van der Waals surface area (Å²) in [7, 11) is 0. The van der Waals surface area contributed by atoms with E-state index in [9.17, 15) is 14.4 Å². The Morgan fingerprint density at radius 3 is 0.859 bits per heavy atom. The quantitative estimate of drug-likeness (QED) is 0.0261. The van der Waals surface area contributed by atoms with Gasteiger partial charge in [-0.3, -0.25) is 14.4 Å². The molecule has 0 aliphatic heterocycles. The lowest BCUT2D eigenvalue weighted by Crippen LogP contribution is -2.30. The Morgan fingerprint density at radius 1 is 0.269 bits per heavy atom. The number of hydrogen-bond acceptors (Lipinski definition) is 6. The molecule has 0 aliphatic carbocycles. The molecule has 0 aromatic rings. The number of carbonyl (C=O) groups is 3. The molecule has 0 heterocycles. The Labute approximate surface area is 481 Å². The van der Waals surface area contributed by atoms with E-state index in [0.29, 0.717) is 19.3 Å². The maximum absolute atomic E-state index is 12.9. The molecule has 442 valence electrons. The molecule has 6 heteroatoms. The van der Waals surface area contributed by atoms with Gasteiger partial charge in [-0.2, -0.15) is 0 Å². The molecule has 6 nitrogen and oxygen atoms in total. The van der Waals surface area contributed by atoms with Crippen molar-refractivity contribution in [1.29, 1.82) is 0 Å². The second kappa shape index (κ2) is 65.1. The lowest BCUT2D eigenvalue weighted by atomic mass is 10.1. The van der Waals surface area contributed by atoms with Gasteiger partial charge in [-0.15, -0.1) is 0 Å². The predicted octanol–water partition coefficient (Wildman–Crippen LogP) is 22.2. The van der Waals surface area contributed by atoms with Crippen molar-refractivity contribution < 1.29 is 28.6 Å². The fourth-order valence-electron chi connectivity index (χ4n) is 8.55. The molecule has 0 saturated heterocycles. The predicted molar refractivity (Wildman–Crippen MR) is 339 cm³/mol. The minimum atomic E-state index is -0.812. The molecule has 1 atom stereocenters. The fraction of sp³-hybridized carbons (Fsp3) is 0.653. The Bertz CT molecular complexity index is 1670. The highest BCUT2D eigenvalue weighted by atomic mass is 16.6. The summed E-state index contributed by atoms with van der Waals surface area (Å²) in [5.74, 6) is -0.978. The molecule has 0 aliphatic rings. The number of allylic oxidation sites excluding steroid dienone is 22. The highest BCUT2D eigenvalue weighted by molar-refractivity contribution is 5.71. The van der Waals surface area contributed by atoms with Crippen LogP contribution in [0.5, 0.6) is 0 Å². The van der Waals surface area contributed by atoms with Gasteiger partial charge in [-0.1, -0.05) is 264 Å². The van der Waals surface area contributed by atoms with Crippen LogP contribution in [0.4, 0.5) is 0 Å². The van der Waals surface area contributed by atoms with Gasteiger partial charge in [0.05, 0.1) is 0 Å². The molecule has 1 unspecified atom stereocenters. The smallest absolute Gasteiger partial charge is 0.306 e. The zero-order chi connectivity index (χ0) is 56.4. The van der Waals surface area contributed by atoms with Crippen molar-refractivity contribution in [3.8, 4) is 0 Å². The van der Waals surface area contributed by atoms with Gasteiger partial charge in [-0.05, 0) is 135 Å². The van der Waals surface area contributed by atoms with Crippen LogP contribution in [-0.4, -0.2) is 37.2 Å². The van der Waals surface area contributed by atoms with E-state index < -0.39 is 6.10 Å². The fourth-order valence-corrected chi connectivity index (χ4v) is 8.55. The lowest BCUT2D eigenvalue weighted by Gasteiger charge is -2.18. The normalized spacial score (nSPS) is 13.0. The van der Waals surface area contributed by atoms with Crippen molar-refractivity contribution in [3.05, 3.63) is 134 Å². The van der Waals surface area contributed by atoms with Gasteiger partial charge in [0.1, 0.15) is 13.2 Å². The number of hydrogen-bond donors (Lipinski definition) is 0. The summed E-state index contributed by atoms with van der Waals surface area (Å²) in [5.41, 5.74) is 0. The first-order valence-corrected chi connectivity index (χ1v) is 32.2. The zero-order valence-electron chi connectivity index (χ0n) is 50.6. The number of ether oxygens (including phenoxy) is 3. The van der Waals surface area contributed by atoms with Crippen LogP contribution in [0.15, 0.2) is 134 Å². The van der Waals surface area contributed by atoms with Crippen LogP contribution in [0, 0.1) is 0 Å². The summed E-state index contributed by atoms with van der Waals surface area (Å²) in [6.45, 7) is 6.46. The second-order valence-electron chi connectivity index (χ2n) is 20.9. The molecule has 0 rings (SSSR count). The molecule has 0 aromatic heterocycles. The Hall–Kier alpha value is -4.45. The Morgan fingerprint density at radius 2 is 0.513 bits per heavy atom. The largest absolute Gasteiger partial charge is 0.462 e. The topological polar surface area (TPSA) is 78.9 Å². The molecular formula is C72H118O6. The van der Waals surface area contributed by atoms with Crippen LogP contribution in [0.2, 0.25) is 0 Å². The van der Waals surface area contributed by atoms with Crippen LogP contribution in [0.25, 0.3) is 0 Å². The van der Waals surface area contributed by atoms with Gasteiger partial charge < -0.3 is 14.2 Å². The van der Waals surface area contributed by atoms with Crippen LogP contribution in [0.3, 0.4) is 0 Å². The first-order chi connectivity index (χ1) is 38.5. The van der Waals surface area contributed by atoms with Gasteiger partial charge in [0.15, 0.2) is 6.10 Å². The second-order valence-corrected chi connectivity index (χ2v) is 20.9. The van der Waals surface area contributed by atoms with Crippen molar-refractivity contribution in [2.75, 3.05) is 13.2 Å². The third-order valence-corrected chi connectivity index (χ3v) is 13.4. The van der Waals surface area contributed by atoms with Crippen molar-refractivity contribution in [2.45, 2.75) is 290 Å². The van der Waals surface area contributed by atoms with Crippen LogP contribution >= 0.6 is 0 Å². The van der Waals surface area contributed by atoms with Crippen molar-refractivity contribution in [1.82, 2.24) is 0 Å². The summed E-state index contributed by atoms with van der Waals surface area (Å²) in [4.78, 5) is 38.3. The molecule has 0 saturated carbocycles. The van der Waals surface area contributed by atoms with Crippen LogP contribution < -0.4 is 0 Å². The summed E-state index contributed by atoms with van der Waals surface area (Å²) in [5, 5.41) is 0. The number of carbonyl (C=O) groups excluding carboxylic acids is 3. The maximum atomic E-state index is 12.9. The van der Waals surface area contributed by atoms with Gasteiger partial charge >= 0.3 is 17.9 Å². The third kappa shape index (κ3) is 62.4. The molecule has 0 bridgehead atoms. The lowest BCUT2D eigenvalue weighted by molar-refractivity contribution is -0.167. The summed E-state index contributed by atoms with van der Waals surface area (Å²) in [6.07, 6.45) is 91.7. The van der Waals surface area contributed by atoms with Crippen LogP contribution in [0.1, 0.15) is 284 Å². The molecule has 78 heavy (non-hydrogen) atoms. The van der Waals surface area contributed by atoms with Crippen molar-refractivity contribution in [2.24, 2.45) is 0 Å². The van der Waals surface area contributed by atoms with E-state index in [-0.39, 0.29) is 37.5 Å². The van der Waals surface area contributed by atoms with E-state index in [1.54, 1.807) is 0 Å². The highest BCUT2D eigenvalue weighted by Gasteiger charge is 2.19. The molecule has 0 fully saturated rings. The molecule has 0 spiro atoms. The average Bonchev–Trinajstić information content (AvgIpc) is 3.44. The van der Waals surface area contributed by atoms with E-state index >= 15 is 0 Å². The number of unbranched alkanes of at least 4 members (excludes halogenated alkanes) is 24. The van der Waals surface area contributed by atoms with Gasteiger partial charge in [0.2, 0.25) is 0 Å². The van der Waals surface area contributed by atoms with Gasteiger partial charge in [-0.25, -0.2) is 0 Å².